The molecule has 2 heterocycles. The molecule has 0 spiro atoms. The van der Waals surface area contributed by atoms with Gasteiger partial charge in [0.05, 0.1) is 12.8 Å². The average molecular weight is 309 g/mol. The van der Waals surface area contributed by atoms with E-state index in [4.69, 9.17) is 4.42 Å². The van der Waals surface area contributed by atoms with Crippen molar-refractivity contribution in [2.45, 2.75) is 32.4 Å². The molecular formula is C12H21ClN2O3S. The molecule has 2 rings (SSSR count). The zero-order chi connectivity index (χ0) is 13.2. The molecular weight excluding hydrogens is 288 g/mol. The molecule has 1 aliphatic rings. The minimum Gasteiger partial charge on any atom is -0.465 e. The van der Waals surface area contributed by atoms with E-state index in [0.29, 0.717) is 25.7 Å². The lowest BCUT2D eigenvalue weighted by Gasteiger charge is -2.30. The van der Waals surface area contributed by atoms with Gasteiger partial charge in [0, 0.05) is 19.1 Å². The van der Waals surface area contributed by atoms with Crippen LogP contribution in [0.2, 0.25) is 0 Å². The third-order valence-electron chi connectivity index (χ3n) is 3.28. The molecule has 0 saturated carbocycles. The molecule has 0 radical (unpaired) electrons. The van der Waals surface area contributed by atoms with Gasteiger partial charge in [-0.3, -0.25) is 0 Å². The number of nitrogens with one attached hydrogen (secondary N) is 1. The molecule has 0 bridgehead atoms. The molecule has 1 aromatic rings. The van der Waals surface area contributed by atoms with Crippen molar-refractivity contribution in [3.05, 3.63) is 23.7 Å². The van der Waals surface area contributed by atoms with E-state index in [1.54, 1.807) is 4.31 Å². The van der Waals surface area contributed by atoms with E-state index in [-0.39, 0.29) is 12.4 Å². The predicted octanol–water partition coefficient (Wildman–Crippen LogP) is 1.52. The van der Waals surface area contributed by atoms with E-state index in [1.165, 1.54) is 6.26 Å². The quantitative estimate of drug-likeness (QED) is 0.916. The zero-order valence-electron chi connectivity index (χ0n) is 11.3. The second kappa shape index (κ2) is 6.74. The molecule has 1 aliphatic heterocycles. The molecule has 1 N–H and O–H groups in total. The fraction of sp³-hybridized carbons (Fsp3) is 0.667. The Bertz CT molecular complexity index is 493. The molecule has 110 valence electrons. The van der Waals surface area contributed by atoms with E-state index >= 15 is 0 Å². The fourth-order valence-electron chi connectivity index (χ4n) is 2.22. The lowest BCUT2D eigenvalue weighted by molar-refractivity contribution is 0.284. The van der Waals surface area contributed by atoms with Gasteiger partial charge in [-0.2, -0.15) is 0 Å². The van der Waals surface area contributed by atoms with E-state index in [0.717, 1.165) is 24.4 Å². The van der Waals surface area contributed by atoms with Crippen molar-refractivity contribution < 1.29 is 12.8 Å². The largest absolute Gasteiger partial charge is 0.465 e. The summed E-state index contributed by atoms with van der Waals surface area (Å²) in [6.07, 6.45) is 2.98. The molecule has 5 nitrogen and oxygen atoms in total. The van der Waals surface area contributed by atoms with Crippen molar-refractivity contribution in [3.63, 3.8) is 0 Å². The van der Waals surface area contributed by atoms with Crippen LogP contribution in [0.4, 0.5) is 0 Å². The maximum atomic E-state index is 11.4. The highest BCUT2D eigenvalue weighted by atomic mass is 35.5. The van der Waals surface area contributed by atoms with Gasteiger partial charge in [0.15, 0.2) is 0 Å². The van der Waals surface area contributed by atoms with Gasteiger partial charge >= 0.3 is 0 Å². The van der Waals surface area contributed by atoms with Crippen molar-refractivity contribution in [1.82, 2.24) is 9.62 Å². The van der Waals surface area contributed by atoms with Gasteiger partial charge in [-0.05, 0) is 31.9 Å². The van der Waals surface area contributed by atoms with Gasteiger partial charge in [-0.15, -0.1) is 12.4 Å². The Balaban J connectivity index is 0.00000180. The van der Waals surface area contributed by atoms with Gasteiger partial charge < -0.3 is 9.73 Å². The molecule has 0 aromatic carbocycles. The highest BCUT2D eigenvalue weighted by Gasteiger charge is 2.24. The summed E-state index contributed by atoms with van der Waals surface area (Å²) in [6, 6.07) is 4.28. The van der Waals surface area contributed by atoms with Crippen molar-refractivity contribution in [1.29, 1.82) is 0 Å². The Kier molecular flexibility index (Phi) is 5.85. The Morgan fingerprint density at radius 1 is 1.37 bits per heavy atom. The van der Waals surface area contributed by atoms with Gasteiger partial charge in [0.2, 0.25) is 10.0 Å². The van der Waals surface area contributed by atoms with Gasteiger partial charge in [-0.1, -0.05) is 0 Å². The van der Waals surface area contributed by atoms with Crippen LogP contribution in [-0.4, -0.2) is 38.1 Å². The molecule has 19 heavy (non-hydrogen) atoms. The van der Waals surface area contributed by atoms with Crippen molar-refractivity contribution >= 4 is 22.4 Å². The van der Waals surface area contributed by atoms with Crippen molar-refractivity contribution in [2.75, 3.05) is 19.3 Å². The second-order valence-corrected chi connectivity index (χ2v) is 6.81. The van der Waals surface area contributed by atoms with Crippen LogP contribution < -0.4 is 5.32 Å². The maximum Gasteiger partial charge on any atom is 0.211 e. The molecule has 0 unspecified atom stereocenters. The third-order valence-corrected chi connectivity index (χ3v) is 4.59. The second-order valence-electron chi connectivity index (χ2n) is 4.83. The van der Waals surface area contributed by atoms with E-state index in [2.05, 4.69) is 5.32 Å². The van der Waals surface area contributed by atoms with Crippen LogP contribution in [-0.2, 0) is 16.6 Å². The van der Waals surface area contributed by atoms with E-state index in [1.807, 2.05) is 19.1 Å². The maximum absolute atomic E-state index is 11.4. The fourth-order valence-corrected chi connectivity index (χ4v) is 3.09. The number of rotatable bonds is 4. The summed E-state index contributed by atoms with van der Waals surface area (Å²) in [4.78, 5) is 0. The molecule has 0 atom stereocenters. The van der Waals surface area contributed by atoms with Crippen LogP contribution >= 0.6 is 12.4 Å². The highest BCUT2D eigenvalue weighted by molar-refractivity contribution is 7.88. The molecule has 0 amide bonds. The molecule has 1 aromatic heterocycles. The zero-order valence-corrected chi connectivity index (χ0v) is 12.9. The summed E-state index contributed by atoms with van der Waals surface area (Å²) in [5.74, 6) is 1.84. The number of piperidine rings is 1. The standard InChI is InChI=1S/C12H20N2O3S.ClH/c1-10-3-4-12(17-10)9-13-11-5-7-14(8-6-11)18(2,15)16;/h3-4,11,13H,5-9H2,1-2H3;1H. The van der Waals surface area contributed by atoms with Crippen molar-refractivity contribution in [2.24, 2.45) is 0 Å². The molecule has 0 aliphatic carbocycles. The Hall–Kier alpha value is -0.560. The number of furan rings is 1. The molecule has 1 saturated heterocycles. The summed E-state index contributed by atoms with van der Waals surface area (Å²) in [6.45, 7) is 3.84. The first-order chi connectivity index (χ1) is 8.45. The van der Waals surface area contributed by atoms with Gasteiger partial charge in [0.1, 0.15) is 11.5 Å². The predicted molar refractivity (Wildman–Crippen MR) is 77.0 cm³/mol. The Morgan fingerprint density at radius 3 is 2.47 bits per heavy atom. The SMILES string of the molecule is Cc1ccc(CNC2CCN(S(C)(=O)=O)CC2)o1.Cl. The summed E-state index contributed by atoms with van der Waals surface area (Å²) >= 11 is 0. The van der Waals surface area contributed by atoms with Crippen LogP contribution in [0.3, 0.4) is 0 Å². The monoisotopic (exact) mass is 308 g/mol. The van der Waals surface area contributed by atoms with Gasteiger partial charge in [0.25, 0.3) is 0 Å². The van der Waals surface area contributed by atoms with Crippen LogP contribution in [0.25, 0.3) is 0 Å². The highest BCUT2D eigenvalue weighted by Crippen LogP contribution is 2.14. The number of halogens is 1. The molecule has 1 fully saturated rings. The van der Waals surface area contributed by atoms with E-state index < -0.39 is 10.0 Å². The summed E-state index contributed by atoms with van der Waals surface area (Å²) in [5.41, 5.74) is 0. The number of aryl methyl sites for hydroxylation is 1. The first kappa shape index (κ1) is 16.5. The first-order valence-electron chi connectivity index (χ1n) is 6.19. The lowest BCUT2D eigenvalue weighted by Crippen LogP contribution is -2.44. The minimum absolute atomic E-state index is 0. The number of hydrogen-bond donors (Lipinski definition) is 1. The Morgan fingerprint density at radius 2 is 2.00 bits per heavy atom. The number of sulfonamides is 1. The van der Waals surface area contributed by atoms with Crippen LogP contribution in [0.15, 0.2) is 16.5 Å². The average Bonchev–Trinajstić information content (AvgIpc) is 2.72. The van der Waals surface area contributed by atoms with Crippen LogP contribution in [0.1, 0.15) is 24.4 Å². The topological polar surface area (TPSA) is 62.6 Å². The summed E-state index contributed by atoms with van der Waals surface area (Å²) in [5, 5.41) is 3.41. The Labute approximate surface area is 120 Å². The summed E-state index contributed by atoms with van der Waals surface area (Å²) < 4.78 is 29.8. The normalized spacial score (nSPS) is 18.2. The first-order valence-corrected chi connectivity index (χ1v) is 8.04. The van der Waals surface area contributed by atoms with Crippen LogP contribution in [0, 0.1) is 6.92 Å². The van der Waals surface area contributed by atoms with E-state index in [9.17, 15) is 8.42 Å². The van der Waals surface area contributed by atoms with Crippen LogP contribution in [0.5, 0.6) is 0 Å². The van der Waals surface area contributed by atoms with Crippen molar-refractivity contribution in [3.8, 4) is 0 Å². The smallest absolute Gasteiger partial charge is 0.211 e. The molecule has 7 heteroatoms. The van der Waals surface area contributed by atoms with Gasteiger partial charge in [-0.25, -0.2) is 12.7 Å². The summed E-state index contributed by atoms with van der Waals surface area (Å²) in [7, 11) is -3.03. The third kappa shape index (κ3) is 4.80. The minimum atomic E-state index is -3.03. The number of nitrogens with zero attached hydrogens (tertiary/aromatic N) is 1. The number of hydrogen-bond acceptors (Lipinski definition) is 4. The lowest BCUT2D eigenvalue weighted by atomic mass is 10.1.